The molecule has 0 radical (unpaired) electrons. The van der Waals surface area contributed by atoms with E-state index >= 15 is 0 Å². The Hall–Kier alpha value is -1.42. The van der Waals surface area contributed by atoms with Crippen LogP contribution in [0.2, 0.25) is 0 Å². The highest BCUT2D eigenvalue weighted by Gasteiger charge is 2.10. The predicted molar refractivity (Wildman–Crippen MR) is 80.6 cm³/mol. The molecule has 112 valence electrons. The van der Waals surface area contributed by atoms with Gasteiger partial charge in [0, 0.05) is 6.54 Å². The third kappa shape index (κ3) is 5.29. The molecule has 0 heterocycles. The lowest BCUT2D eigenvalue weighted by Gasteiger charge is -2.13. The standard InChI is InChI=1S/C15H22ClNO3/c1-4-8-20-13-7-6-12(9-14(13)19-5-2)10-17-15(18)11(3)16/h6-7,9,11H,4-5,8,10H2,1-3H3,(H,17,18). The van der Waals surface area contributed by atoms with Crippen molar-refractivity contribution < 1.29 is 14.3 Å². The van der Waals surface area contributed by atoms with Gasteiger partial charge in [-0.05, 0) is 38.0 Å². The largest absolute Gasteiger partial charge is 0.490 e. The van der Waals surface area contributed by atoms with Crippen molar-refractivity contribution in [3.05, 3.63) is 23.8 Å². The molecule has 0 aromatic heterocycles. The first kappa shape index (κ1) is 16.6. The van der Waals surface area contributed by atoms with E-state index in [4.69, 9.17) is 21.1 Å². The van der Waals surface area contributed by atoms with E-state index in [1.54, 1.807) is 6.92 Å². The third-order valence-corrected chi connectivity index (χ3v) is 2.80. The van der Waals surface area contributed by atoms with Crippen molar-refractivity contribution in [2.75, 3.05) is 13.2 Å². The van der Waals surface area contributed by atoms with E-state index in [1.807, 2.05) is 25.1 Å². The summed E-state index contributed by atoms with van der Waals surface area (Å²) in [5.41, 5.74) is 0.947. The fourth-order valence-corrected chi connectivity index (χ4v) is 1.67. The van der Waals surface area contributed by atoms with Crippen LogP contribution in [0.5, 0.6) is 11.5 Å². The summed E-state index contributed by atoms with van der Waals surface area (Å²) in [4.78, 5) is 11.4. The van der Waals surface area contributed by atoms with Gasteiger partial charge in [-0.15, -0.1) is 11.6 Å². The first-order valence-electron chi connectivity index (χ1n) is 6.88. The number of hydrogen-bond acceptors (Lipinski definition) is 3. The highest BCUT2D eigenvalue weighted by atomic mass is 35.5. The van der Waals surface area contributed by atoms with Gasteiger partial charge < -0.3 is 14.8 Å². The lowest BCUT2D eigenvalue weighted by Crippen LogP contribution is -2.29. The number of alkyl halides is 1. The molecular formula is C15H22ClNO3. The number of hydrogen-bond donors (Lipinski definition) is 1. The number of benzene rings is 1. The highest BCUT2D eigenvalue weighted by molar-refractivity contribution is 6.30. The second-order valence-electron chi connectivity index (χ2n) is 4.40. The van der Waals surface area contributed by atoms with Crippen LogP contribution in [0.25, 0.3) is 0 Å². The van der Waals surface area contributed by atoms with E-state index in [-0.39, 0.29) is 5.91 Å². The molecule has 1 unspecified atom stereocenters. The Morgan fingerprint density at radius 3 is 2.65 bits per heavy atom. The average Bonchev–Trinajstić information content (AvgIpc) is 2.44. The molecule has 1 aromatic carbocycles. The molecule has 0 aliphatic carbocycles. The molecule has 1 atom stereocenters. The minimum absolute atomic E-state index is 0.184. The van der Waals surface area contributed by atoms with E-state index in [0.29, 0.717) is 25.5 Å². The Bertz CT molecular complexity index is 435. The number of amides is 1. The van der Waals surface area contributed by atoms with Crippen LogP contribution >= 0.6 is 11.6 Å². The van der Waals surface area contributed by atoms with Crippen molar-refractivity contribution in [1.29, 1.82) is 0 Å². The molecule has 0 spiro atoms. The lowest BCUT2D eigenvalue weighted by atomic mass is 10.2. The number of carbonyl (C=O) groups is 1. The fourth-order valence-electron chi connectivity index (χ4n) is 1.59. The minimum Gasteiger partial charge on any atom is -0.490 e. The molecule has 1 N–H and O–H groups in total. The summed E-state index contributed by atoms with van der Waals surface area (Å²) in [6.07, 6.45) is 0.941. The molecule has 1 rings (SSSR count). The van der Waals surface area contributed by atoms with Gasteiger partial charge in [-0.3, -0.25) is 4.79 Å². The highest BCUT2D eigenvalue weighted by Crippen LogP contribution is 2.28. The average molecular weight is 300 g/mol. The summed E-state index contributed by atoms with van der Waals surface area (Å²) < 4.78 is 11.2. The maximum atomic E-state index is 11.4. The van der Waals surface area contributed by atoms with Gasteiger partial charge in [-0.2, -0.15) is 0 Å². The van der Waals surface area contributed by atoms with Gasteiger partial charge in [0.2, 0.25) is 5.91 Å². The van der Waals surface area contributed by atoms with Crippen LogP contribution in [0.15, 0.2) is 18.2 Å². The summed E-state index contributed by atoms with van der Waals surface area (Å²) >= 11 is 5.70. The predicted octanol–water partition coefficient (Wildman–Crippen LogP) is 3.12. The van der Waals surface area contributed by atoms with Gasteiger partial charge in [0.25, 0.3) is 0 Å². The zero-order valence-corrected chi connectivity index (χ0v) is 13.0. The first-order valence-corrected chi connectivity index (χ1v) is 7.32. The van der Waals surface area contributed by atoms with Crippen LogP contribution in [-0.2, 0) is 11.3 Å². The zero-order valence-electron chi connectivity index (χ0n) is 12.2. The van der Waals surface area contributed by atoms with Crippen molar-refractivity contribution in [1.82, 2.24) is 5.32 Å². The molecule has 0 aliphatic heterocycles. The molecule has 0 saturated heterocycles. The monoisotopic (exact) mass is 299 g/mol. The van der Waals surface area contributed by atoms with Gasteiger partial charge >= 0.3 is 0 Å². The Balaban J connectivity index is 2.73. The van der Waals surface area contributed by atoms with Crippen molar-refractivity contribution in [2.24, 2.45) is 0 Å². The quantitative estimate of drug-likeness (QED) is 0.750. The maximum Gasteiger partial charge on any atom is 0.238 e. The van der Waals surface area contributed by atoms with Crippen LogP contribution in [0, 0.1) is 0 Å². The van der Waals surface area contributed by atoms with E-state index in [0.717, 1.165) is 17.7 Å². The summed E-state index contributed by atoms with van der Waals surface area (Å²) in [6, 6.07) is 5.66. The Kier molecular flexibility index (Phi) is 7.23. The second-order valence-corrected chi connectivity index (χ2v) is 5.05. The first-order chi connectivity index (χ1) is 9.58. The Labute approximate surface area is 125 Å². The SMILES string of the molecule is CCCOc1ccc(CNC(=O)C(C)Cl)cc1OCC. The van der Waals surface area contributed by atoms with Gasteiger partial charge in [-0.1, -0.05) is 13.0 Å². The number of rotatable bonds is 8. The summed E-state index contributed by atoms with van der Waals surface area (Å²) in [5.74, 6) is 1.25. The van der Waals surface area contributed by atoms with E-state index in [9.17, 15) is 4.79 Å². The lowest BCUT2D eigenvalue weighted by molar-refractivity contribution is -0.120. The van der Waals surface area contributed by atoms with Crippen LogP contribution in [0.4, 0.5) is 0 Å². The van der Waals surface area contributed by atoms with Crippen LogP contribution in [0.1, 0.15) is 32.8 Å². The van der Waals surface area contributed by atoms with Crippen molar-refractivity contribution in [3.63, 3.8) is 0 Å². The molecule has 1 aromatic rings. The molecule has 0 aliphatic rings. The summed E-state index contributed by atoms with van der Waals surface area (Å²) in [7, 11) is 0. The summed E-state index contributed by atoms with van der Waals surface area (Å²) in [5, 5.41) is 2.23. The zero-order chi connectivity index (χ0) is 15.0. The molecule has 0 bridgehead atoms. The Morgan fingerprint density at radius 1 is 1.30 bits per heavy atom. The number of carbonyl (C=O) groups excluding carboxylic acids is 1. The third-order valence-electron chi connectivity index (χ3n) is 2.60. The summed E-state index contributed by atoms with van der Waals surface area (Å²) in [6.45, 7) is 7.26. The molecule has 5 heteroatoms. The number of halogens is 1. The molecule has 0 saturated carbocycles. The van der Waals surface area contributed by atoms with Gasteiger partial charge in [0.05, 0.1) is 13.2 Å². The molecule has 20 heavy (non-hydrogen) atoms. The van der Waals surface area contributed by atoms with E-state index in [1.165, 1.54) is 0 Å². The van der Waals surface area contributed by atoms with Crippen LogP contribution < -0.4 is 14.8 Å². The van der Waals surface area contributed by atoms with Crippen molar-refractivity contribution in [3.8, 4) is 11.5 Å². The minimum atomic E-state index is -0.534. The molecule has 4 nitrogen and oxygen atoms in total. The second kappa shape index (κ2) is 8.69. The fraction of sp³-hybridized carbons (Fsp3) is 0.533. The van der Waals surface area contributed by atoms with E-state index < -0.39 is 5.38 Å². The molecule has 1 amide bonds. The van der Waals surface area contributed by atoms with Crippen LogP contribution in [-0.4, -0.2) is 24.5 Å². The molecule has 0 fully saturated rings. The number of nitrogens with one attached hydrogen (secondary N) is 1. The van der Waals surface area contributed by atoms with Crippen molar-refractivity contribution in [2.45, 2.75) is 39.1 Å². The van der Waals surface area contributed by atoms with E-state index in [2.05, 4.69) is 12.2 Å². The van der Waals surface area contributed by atoms with Crippen molar-refractivity contribution >= 4 is 17.5 Å². The Morgan fingerprint density at radius 2 is 2.05 bits per heavy atom. The normalized spacial score (nSPS) is 11.8. The number of ether oxygens (including phenoxy) is 2. The van der Waals surface area contributed by atoms with Gasteiger partial charge in [0.1, 0.15) is 5.38 Å². The smallest absolute Gasteiger partial charge is 0.238 e. The topological polar surface area (TPSA) is 47.6 Å². The van der Waals surface area contributed by atoms with Gasteiger partial charge in [0.15, 0.2) is 11.5 Å². The van der Waals surface area contributed by atoms with Crippen LogP contribution in [0.3, 0.4) is 0 Å². The maximum absolute atomic E-state index is 11.4. The van der Waals surface area contributed by atoms with Gasteiger partial charge in [-0.25, -0.2) is 0 Å². The molecular weight excluding hydrogens is 278 g/mol.